The minimum Gasteiger partial charge on any atom is -0.456 e. The van der Waals surface area contributed by atoms with Gasteiger partial charge in [0.1, 0.15) is 11.2 Å². The van der Waals surface area contributed by atoms with Gasteiger partial charge < -0.3 is 9.32 Å². The van der Waals surface area contributed by atoms with Crippen LogP contribution in [0.2, 0.25) is 0 Å². The van der Waals surface area contributed by atoms with Crippen LogP contribution in [0.15, 0.2) is 186 Å². The summed E-state index contributed by atoms with van der Waals surface area (Å²) < 4.78 is 6.46. The molecule has 0 spiro atoms. The van der Waals surface area contributed by atoms with Gasteiger partial charge in [0, 0.05) is 27.6 Å². The van der Waals surface area contributed by atoms with Gasteiger partial charge in [0.25, 0.3) is 0 Å². The Balaban J connectivity index is 1.12. The summed E-state index contributed by atoms with van der Waals surface area (Å²) in [6, 6.07) is 66.6. The third-order valence-electron chi connectivity index (χ3n) is 12.5. The van der Waals surface area contributed by atoms with Crippen molar-refractivity contribution in [2.45, 2.75) is 31.6 Å². The molecule has 2 aliphatic carbocycles. The van der Waals surface area contributed by atoms with Crippen LogP contribution in [0.5, 0.6) is 0 Å². The van der Waals surface area contributed by atoms with Crippen molar-refractivity contribution in [3.05, 3.63) is 210 Å². The molecule has 2 aliphatic rings. The molecule has 262 valence electrons. The zero-order chi connectivity index (χ0) is 36.9. The number of anilines is 3. The van der Waals surface area contributed by atoms with Crippen molar-refractivity contribution in [3.8, 4) is 33.4 Å². The summed E-state index contributed by atoms with van der Waals surface area (Å²) in [5, 5.41) is 2.22. The smallest absolute Gasteiger partial charge is 0.137 e. The highest BCUT2D eigenvalue weighted by atomic mass is 16.3. The fourth-order valence-corrected chi connectivity index (χ4v) is 9.95. The average Bonchev–Trinajstić information content (AvgIpc) is 3.83. The topological polar surface area (TPSA) is 16.4 Å². The minimum absolute atomic E-state index is 0.0986. The van der Waals surface area contributed by atoms with Crippen LogP contribution in [-0.2, 0) is 10.8 Å². The van der Waals surface area contributed by atoms with Gasteiger partial charge in [0.2, 0.25) is 0 Å². The zero-order valence-electron chi connectivity index (χ0n) is 31.2. The van der Waals surface area contributed by atoms with E-state index in [1.54, 1.807) is 0 Å². The first-order valence-corrected chi connectivity index (χ1v) is 19.3. The summed E-state index contributed by atoms with van der Waals surface area (Å²) in [7, 11) is 0. The van der Waals surface area contributed by atoms with Crippen molar-refractivity contribution in [2.75, 3.05) is 4.90 Å². The van der Waals surface area contributed by atoms with E-state index in [0.29, 0.717) is 0 Å². The second-order valence-electron chi connectivity index (χ2n) is 15.8. The van der Waals surface area contributed by atoms with Crippen LogP contribution in [0, 0.1) is 0 Å². The fraction of sp³-hybridized carbons (Fsp3) is 0.0943. The molecule has 0 amide bonds. The number of benzene rings is 8. The Bertz CT molecular complexity index is 2970. The number of hydrogen-bond acceptors (Lipinski definition) is 2. The van der Waals surface area contributed by atoms with Crippen LogP contribution < -0.4 is 4.90 Å². The average molecular weight is 706 g/mol. The predicted octanol–water partition coefficient (Wildman–Crippen LogP) is 14.4. The van der Waals surface area contributed by atoms with Crippen LogP contribution in [0.1, 0.15) is 48.6 Å². The number of furan rings is 1. The molecule has 0 saturated heterocycles. The first-order chi connectivity index (χ1) is 26.9. The summed E-state index contributed by atoms with van der Waals surface area (Å²) >= 11 is 0. The van der Waals surface area contributed by atoms with Crippen LogP contribution in [0.3, 0.4) is 0 Å². The van der Waals surface area contributed by atoms with Gasteiger partial charge in [0.05, 0.1) is 11.1 Å². The maximum Gasteiger partial charge on any atom is 0.137 e. The first kappa shape index (κ1) is 31.8. The Hall–Kier alpha value is -6.64. The molecule has 9 aromatic rings. The van der Waals surface area contributed by atoms with Crippen molar-refractivity contribution >= 4 is 39.0 Å². The highest BCUT2D eigenvalue weighted by Crippen LogP contribution is 2.55. The molecule has 0 saturated carbocycles. The standard InChI is InChI=1S/C53H39NO/c1-52(2)44-22-10-7-18-40(44)42-21-13-20-38(51(42)52)34-27-29-36(30-28-34)54(47-24-14-26-49-50(47)43-19-9-12-25-48(43)55-49)37-31-32-41-39-17-8-11-23-45(39)53(3,46(41)33-37)35-15-5-4-6-16-35/h4-33H,1-3H3. The number of hydrogen-bond donors (Lipinski definition) is 0. The van der Waals surface area contributed by atoms with Crippen LogP contribution in [0.25, 0.3) is 55.3 Å². The molecule has 1 aromatic heterocycles. The van der Waals surface area contributed by atoms with Gasteiger partial charge in [-0.25, -0.2) is 0 Å². The van der Waals surface area contributed by atoms with Gasteiger partial charge in [0.15, 0.2) is 0 Å². The summed E-state index contributed by atoms with van der Waals surface area (Å²) in [5.74, 6) is 0. The predicted molar refractivity (Wildman–Crippen MR) is 229 cm³/mol. The number of para-hydroxylation sites is 1. The summed E-state index contributed by atoms with van der Waals surface area (Å²) in [4.78, 5) is 2.43. The number of fused-ring (bicyclic) bond motifs is 9. The lowest BCUT2D eigenvalue weighted by atomic mass is 9.74. The normalized spacial score (nSPS) is 16.1. The lowest BCUT2D eigenvalue weighted by molar-refractivity contribution is 0.662. The first-order valence-electron chi connectivity index (χ1n) is 19.3. The lowest BCUT2D eigenvalue weighted by Crippen LogP contribution is -2.22. The van der Waals surface area contributed by atoms with Gasteiger partial charge in [-0.05, 0) is 111 Å². The number of rotatable bonds is 5. The highest BCUT2D eigenvalue weighted by molar-refractivity contribution is 6.13. The van der Waals surface area contributed by atoms with Crippen molar-refractivity contribution in [1.29, 1.82) is 0 Å². The molecule has 0 N–H and O–H groups in total. The monoisotopic (exact) mass is 705 g/mol. The molecule has 2 heteroatoms. The Morgan fingerprint density at radius 2 is 1.04 bits per heavy atom. The van der Waals surface area contributed by atoms with Gasteiger partial charge in [-0.2, -0.15) is 0 Å². The van der Waals surface area contributed by atoms with Gasteiger partial charge in [-0.15, -0.1) is 0 Å². The second kappa shape index (κ2) is 11.7. The summed E-state index contributed by atoms with van der Waals surface area (Å²) in [6.45, 7) is 7.11. The van der Waals surface area contributed by atoms with Gasteiger partial charge >= 0.3 is 0 Å². The quantitative estimate of drug-likeness (QED) is 0.177. The van der Waals surface area contributed by atoms with Crippen LogP contribution >= 0.6 is 0 Å². The molecule has 8 aromatic carbocycles. The molecular weight excluding hydrogens is 667 g/mol. The molecule has 0 aliphatic heterocycles. The van der Waals surface area contributed by atoms with Crippen LogP contribution in [0.4, 0.5) is 17.1 Å². The van der Waals surface area contributed by atoms with E-state index < -0.39 is 0 Å². The van der Waals surface area contributed by atoms with Gasteiger partial charge in [-0.3, -0.25) is 0 Å². The molecular formula is C53H39NO. The molecule has 0 fully saturated rings. The second-order valence-corrected chi connectivity index (χ2v) is 15.8. The van der Waals surface area contributed by atoms with E-state index >= 15 is 0 Å². The molecule has 11 rings (SSSR count). The summed E-state index contributed by atoms with van der Waals surface area (Å²) in [5.41, 5.74) is 19.1. The SMILES string of the molecule is CC1(C)c2ccccc2-c2cccc(-c3ccc(N(c4ccc5c(c4)C(C)(c4ccccc4)c4ccccc4-5)c4cccc5oc6ccccc6c45)cc3)c21. The zero-order valence-corrected chi connectivity index (χ0v) is 31.2. The largest absolute Gasteiger partial charge is 0.456 e. The maximum absolute atomic E-state index is 6.46. The van der Waals surface area contributed by atoms with E-state index in [9.17, 15) is 0 Å². The highest BCUT2D eigenvalue weighted by Gasteiger charge is 2.41. The third-order valence-corrected chi connectivity index (χ3v) is 12.5. The minimum atomic E-state index is -0.314. The number of nitrogens with zero attached hydrogens (tertiary/aromatic N) is 1. The van der Waals surface area contributed by atoms with Crippen molar-refractivity contribution < 1.29 is 4.42 Å². The molecule has 55 heavy (non-hydrogen) atoms. The maximum atomic E-state index is 6.46. The Labute approximate surface area is 322 Å². The Morgan fingerprint density at radius 1 is 0.436 bits per heavy atom. The molecule has 1 heterocycles. The van der Waals surface area contributed by atoms with E-state index in [1.165, 1.54) is 61.2 Å². The van der Waals surface area contributed by atoms with E-state index in [-0.39, 0.29) is 10.8 Å². The van der Waals surface area contributed by atoms with E-state index in [1.807, 2.05) is 6.07 Å². The van der Waals surface area contributed by atoms with Crippen molar-refractivity contribution in [2.24, 2.45) is 0 Å². The Kier molecular flexibility index (Phi) is 6.76. The third kappa shape index (κ3) is 4.49. The van der Waals surface area contributed by atoms with Crippen LogP contribution in [-0.4, -0.2) is 0 Å². The molecule has 0 radical (unpaired) electrons. The molecule has 1 unspecified atom stereocenters. The lowest BCUT2D eigenvalue weighted by Gasteiger charge is -2.31. The van der Waals surface area contributed by atoms with E-state index in [2.05, 4.69) is 202 Å². The molecule has 0 bridgehead atoms. The van der Waals surface area contributed by atoms with Gasteiger partial charge in [-0.1, -0.05) is 153 Å². The Morgan fingerprint density at radius 3 is 1.85 bits per heavy atom. The van der Waals surface area contributed by atoms with E-state index in [0.717, 1.165) is 39.0 Å². The summed E-state index contributed by atoms with van der Waals surface area (Å²) in [6.07, 6.45) is 0. The van der Waals surface area contributed by atoms with E-state index in [4.69, 9.17) is 4.42 Å². The fourth-order valence-electron chi connectivity index (χ4n) is 9.95. The molecule has 1 atom stereocenters. The van der Waals surface area contributed by atoms with Crippen molar-refractivity contribution in [3.63, 3.8) is 0 Å². The molecule has 2 nitrogen and oxygen atoms in total. The van der Waals surface area contributed by atoms with Crippen molar-refractivity contribution in [1.82, 2.24) is 0 Å².